The second kappa shape index (κ2) is 9.57. The van der Waals surface area contributed by atoms with E-state index in [0.29, 0.717) is 75.1 Å². The summed E-state index contributed by atoms with van der Waals surface area (Å²) in [5, 5.41) is 0. The van der Waals surface area contributed by atoms with Gasteiger partial charge >= 0.3 is 11.9 Å². The molecule has 4 fully saturated rings. The van der Waals surface area contributed by atoms with Gasteiger partial charge in [-0.25, -0.2) is 0 Å². The third-order valence-electron chi connectivity index (χ3n) is 6.82. The normalized spacial score (nSPS) is 35.4. The number of carbonyl (C=O) groups is 2. The van der Waals surface area contributed by atoms with Gasteiger partial charge in [0.2, 0.25) is 0 Å². The van der Waals surface area contributed by atoms with Gasteiger partial charge in [0.1, 0.15) is 0 Å². The highest BCUT2D eigenvalue weighted by atomic mass is 16.6. The second-order valence-corrected chi connectivity index (χ2v) is 9.01. The number of hydrogen-bond acceptors (Lipinski definition) is 6. The highest BCUT2D eigenvalue weighted by molar-refractivity contribution is 5.70. The number of unbranched alkanes of at least 4 members (excludes halogenated alkanes) is 1. The Kier molecular flexibility index (Phi) is 6.89. The van der Waals surface area contributed by atoms with Crippen LogP contribution < -0.4 is 0 Å². The molecule has 6 atom stereocenters. The summed E-state index contributed by atoms with van der Waals surface area (Å²) in [6.07, 6.45) is 13.0. The maximum absolute atomic E-state index is 11.8. The topological polar surface area (TPSA) is 77.7 Å². The Morgan fingerprint density at radius 2 is 1.14 bits per heavy atom. The number of epoxide rings is 2. The van der Waals surface area contributed by atoms with Crippen molar-refractivity contribution < 1.29 is 28.5 Å². The molecule has 4 rings (SSSR count). The minimum absolute atomic E-state index is 0.150. The van der Waals surface area contributed by atoms with Crippen LogP contribution in [0.15, 0.2) is 0 Å². The van der Waals surface area contributed by atoms with Gasteiger partial charge in [-0.05, 0) is 76.0 Å². The fourth-order valence-corrected chi connectivity index (χ4v) is 4.86. The summed E-state index contributed by atoms with van der Waals surface area (Å²) < 4.78 is 21.7. The van der Waals surface area contributed by atoms with E-state index in [9.17, 15) is 9.59 Å². The molecule has 6 nitrogen and oxygen atoms in total. The summed E-state index contributed by atoms with van der Waals surface area (Å²) >= 11 is 0. The summed E-state index contributed by atoms with van der Waals surface area (Å²) in [7, 11) is 0. The number of hydrogen-bond donors (Lipinski definition) is 0. The van der Waals surface area contributed by atoms with E-state index in [1.807, 2.05) is 0 Å². The zero-order valence-electron chi connectivity index (χ0n) is 16.8. The molecule has 0 bridgehead atoms. The lowest BCUT2D eigenvalue weighted by atomic mass is 9.87. The first kappa shape index (κ1) is 20.1. The molecule has 2 saturated carbocycles. The van der Waals surface area contributed by atoms with Gasteiger partial charge < -0.3 is 18.9 Å². The zero-order valence-corrected chi connectivity index (χ0v) is 16.8. The van der Waals surface area contributed by atoms with E-state index in [2.05, 4.69) is 0 Å². The van der Waals surface area contributed by atoms with E-state index >= 15 is 0 Å². The van der Waals surface area contributed by atoms with Crippen LogP contribution in [-0.4, -0.2) is 49.6 Å². The lowest BCUT2D eigenvalue weighted by Crippen LogP contribution is -2.17. The van der Waals surface area contributed by atoms with E-state index < -0.39 is 0 Å². The predicted octanol–water partition coefficient (Wildman–Crippen LogP) is 3.55. The summed E-state index contributed by atoms with van der Waals surface area (Å²) in [5.41, 5.74) is 0. The summed E-state index contributed by atoms with van der Waals surface area (Å²) in [4.78, 5) is 23.6. The Balaban J connectivity index is 0.951. The SMILES string of the molecule is O=C(CCCCC(=O)OCCC1CCC2OC2C1)OCCC1CCC2OC2C1. The molecule has 2 aliphatic heterocycles. The van der Waals surface area contributed by atoms with Crippen LogP contribution in [0.2, 0.25) is 0 Å². The van der Waals surface area contributed by atoms with Crippen LogP contribution in [-0.2, 0) is 28.5 Å². The molecule has 4 aliphatic rings. The van der Waals surface area contributed by atoms with Gasteiger partial charge in [0.05, 0.1) is 37.6 Å². The van der Waals surface area contributed by atoms with Crippen LogP contribution in [0.25, 0.3) is 0 Å². The highest BCUT2D eigenvalue weighted by Gasteiger charge is 2.44. The largest absolute Gasteiger partial charge is 0.466 e. The van der Waals surface area contributed by atoms with Gasteiger partial charge in [-0.1, -0.05) is 0 Å². The van der Waals surface area contributed by atoms with Gasteiger partial charge in [0.15, 0.2) is 0 Å². The minimum Gasteiger partial charge on any atom is -0.466 e. The van der Waals surface area contributed by atoms with E-state index in [-0.39, 0.29) is 11.9 Å². The highest BCUT2D eigenvalue weighted by Crippen LogP contribution is 2.41. The van der Waals surface area contributed by atoms with Crippen LogP contribution in [0.3, 0.4) is 0 Å². The Bertz CT molecular complexity index is 501. The maximum atomic E-state index is 11.8. The van der Waals surface area contributed by atoms with E-state index in [1.54, 1.807) is 0 Å². The van der Waals surface area contributed by atoms with Crippen molar-refractivity contribution in [1.82, 2.24) is 0 Å². The fraction of sp³-hybridized carbons (Fsp3) is 0.909. The number of carbonyl (C=O) groups excluding carboxylic acids is 2. The van der Waals surface area contributed by atoms with Gasteiger partial charge in [0, 0.05) is 12.8 Å². The quantitative estimate of drug-likeness (QED) is 0.303. The van der Waals surface area contributed by atoms with Crippen molar-refractivity contribution in [2.45, 2.75) is 101 Å². The average molecular weight is 395 g/mol. The molecule has 0 aromatic rings. The van der Waals surface area contributed by atoms with Crippen molar-refractivity contribution in [3.05, 3.63) is 0 Å². The van der Waals surface area contributed by atoms with Gasteiger partial charge in [-0.3, -0.25) is 9.59 Å². The van der Waals surface area contributed by atoms with Gasteiger partial charge in [0.25, 0.3) is 0 Å². The lowest BCUT2D eigenvalue weighted by Gasteiger charge is -2.18. The lowest BCUT2D eigenvalue weighted by molar-refractivity contribution is -0.146. The first-order valence-electron chi connectivity index (χ1n) is 11.3. The van der Waals surface area contributed by atoms with E-state index in [4.69, 9.17) is 18.9 Å². The van der Waals surface area contributed by atoms with Crippen LogP contribution in [0.5, 0.6) is 0 Å². The minimum atomic E-state index is -0.150. The molecule has 2 heterocycles. The molecule has 2 aliphatic carbocycles. The molecule has 158 valence electrons. The second-order valence-electron chi connectivity index (χ2n) is 9.01. The van der Waals surface area contributed by atoms with Crippen LogP contribution in [0.1, 0.15) is 77.0 Å². The number of rotatable bonds is 11. The van der Waals surface area contributed by atoms with Crippen molar-refractivity contribution in [3.8, 4) is 0 Å². The molecule has 28 heavy (non-hydrogen) atoms. The Morgan fingerprint density at radius 1 is 0.679 bits per heavy atom. The summed E-state index contributed by atoms with van der Waals surface area (Å²) in [5.74, 6) is 0.974. The number of esters is 2. The molecular formula is C22H34O6. The molecule has 0 N–H and O–H groups in total. The van der Waals surface area contributed by atoms with Crippen molar-refractivity contribution in [2.75, 3.05) is 13.2 Å². The van der Waals surface area contributed by atoms with E-state index in [1.165, 1.54) is 12.8 Å². The monoisotopic (exact) mass is 394 g/mol. The number of ether oxygens (including phenoxy) is 4. The molecule has 0 aromatic carbocycles. The average Bonchev–Trinajstić information content (AvgIpc) is 3.58. The molecule has 6 unspecified atom stereocenters. The Hall–Kier alpha value is -1.14. The predicted molar refractivity (Wildman–Crippen MR) is 102 cm³/mol. The Morgan fingerprint density at radius 3 is 1.57 bits per heavy atom. The molecule has 0 aromatic heterocycles. The maximum Gasteiger partial charge on any atom is 0.305 e. The first-order chi connectivity index (χ1) is 13.7. The van der Waals surface area contributed by atoms with Crippen molar-refractivity contribution in [1.29, 1.82) is 0 Å². The van der Waals surface area contributed by atoms with Gasteiger partial charge in [-0.15, -0.1) is 0 Å². The summed E-state index contributed by atoms with van der Waals surface area (Å²) in [6.45, 7) is 1.02. The van der Waals surface area contributed by atoms with Crippen LogP contribution in [0, 0.1) is 11.8 Å². The smallest absolute Gasteiger partial charge is 0.305 e. The van der Waals surface area contributed by atoms with Crippen molar-refractivity contribution in [3.63, 3.8) is 0 Å². The Labute approximate surface area is 167 Å². The molecule has 6 heteroatoms. The van der Waals surface area contributed by atoms with Crippen LogP contribution >= 0.6 is 0 Å². The standard InChI is InChI=1S/C22H34O6/c23-21(25-11-9-15-5-7-17-19(13-15)27-17)3-1-2-4-22(24)26-12-10-16-6-8-18-20(14-16)28-18/h15-20H,1-14H2. The molecule has 0 radical (unpaired) electrons. The fourth-order valence-electron chi connectivity index (χ4n) is 4.86. The van der Waals surface area contributed by atoms with Crippen molar-refractivity contribution in [2.24, 2.45) is 11.8 Å². The third kappa shape index (κ3) is 6.18. The van der Waals surface area contributed by atoms with Crippen LogP contribution in [0.4, 0.5) is 0 Å². The third-order valence-corrected chi connectivity index (χ3v) is 6.82. The number of fused-ring (bicyclic) bond motifs is 2. The van der Waals surface area contributed by atoms with Gasteiger partial charge in [-0.2, -0.15) is 0 Å². The molecule has 0 spiro atoms. The summed E-state index contributed by atoms with van der Waals surface area (Å²) in [6, 6.07) is 0. The van der Waals surface area contributed by atoms with E-state index in [0.717, 1.165) is 38.5 Å². The molecule has 0 amide bonds. The van der Waals surface area contributed by atoms with Crippen molar-refractivity contribution >= 4 is 11.9 Å². The zero-order chi connectivity index (χ0) is 19.3. The molecular weight excluding hydrogens is 360 g/mol. The molecule has 2 saturated heterocycles. The first-order valence-corrected chi connectivity index (χ1v) is 11.3.